The molecule has 1 aromatic rings. The Kier molecular flexibility index (Phi) is 6.24. The summed E-state index contributed by atoms with van der Waals surface area (Å²) < 4.78 is 4.99. The minimum absolute atomic E-state index is 0.266. The largest absolute Gasteiger partial charge is 0.480 e. The summed E-state index contributed by atoms with van der Waals surface area (Å²) in [6.07, 6.45) is 3.73. The lowest BCUT2D eigenvalue weighted by atomic mass is 10.2. The monoisotopic (exact) mass is 283 g/mol. The predicted octanol–water partition coefficient (Wildman–Crippen LogP) is 2.04. The summed E-state index contributed by atoms with van der Waals surface area (Å²) in [6.45, 7) is 2.13. The molecule has 2 N–H and O–H groups in total. The van der Waals surface area contributed by atoms with Crippen LogP contribution in [-0.4, -0.2) is 30.1 Å². The lowest BCUT2D eigenvalue weighted by molar-refractivity contribution is -0.139. The van der Waals surface area contributed by atoms with E-state index in [-0.39, 0.29) is 12.3 Å². The van der Waals surface area contributed by atoms with Crippen molar-refractivity contribution in [2.75, 3.05) is 7.11 Å². The maximum atomic E-state index is 12.0. The van der Waals surface area contributed by atoms with Gasteiger partial charge in [-0.15, -0.1) is 11.3 Å². The molecule has 6 heteroatoms. The van der Waals surface area contributed by atoms with E-state index in [0.717, 1.165) is 5.56 Å². The average Bonchev–Trinajstić information content (AvgIpc) is 2.82. The molecule has 1 rings (SSSR count). The molecule has 0 radical (unpaired) electrons. The van der Waals surface area contributed by atoms with Crippen molar-refractivity contribution in [3.63, 3.8) is 0 Å². The Labute approximate surface area is 115 Å². The molecule has 0 saturated heterocycles. The van der Waals surface area contributed by atoms with Gasteiger partial charge in [0.1, 0.15) is 6.04 Å². The first kappa shape index (κ1) is 15.4. The maximum absolute atomic E-state index is 12.0. The Morgan fingerprint density at radius 2 is 2.32 bits per heavy atom. The Bertz CT molecular complexity index is 467. The molecule has 1 heterocycles. The molecular formula is C13H17NO4S. The number of carbonyl (C=O) groups is 2. The molecule has 1 atom stereocenters. The average molecular weight is 283 g/mol. The first-order valence-corrected chi connectivity index (χ1v) is 6.68. The molecule has 0 saturated carbocycles. The molecule has 0 aliphatic carbocycles. The molecule has 0 spiro atoms. The second-order valence-electron chi connectivity index (χ2n) is 3.88. The van der Waals surface area contributed by atoms with Crippen molar-refractivity contribution >= 4 is 23.2 Å². The van der Waals surface area contributed by atoms with Gasteiger partial charge in [-0.3, -0.25) is 4.79 Å². The summed E-state index contributed by atoms with van der Waals surface area (Å²) in [4.78, 5) is 23.6. The van der Waals surface area contributed by atoms with Gasteiger partial charge in [0.2, 0.25) is 0 Å². The van der Waals surface area contributed by atoms with Crippen LogP contribution in [0.1, 0.15) is 28.6 Å². The van der Waals surface area contributed by atoms with E-state index in [1.54, 1.807) is 37.6 Å². The number of amides is 1. The van der Waals surface area contributed by atoms with Crippen LogP contribution in [0, 0.1) is 0 Å². The van der Waals surface area contributed by atoms with E-state index < -0.39 is 12.0 Å². The number of thiophene rings is 1. The number of rotatable bonds is 7. The molecule has 5 nitrogen and oxygen atoms in total. The van der Waals surface area contributed by atoms with Gasteiger partial charge >= 0.3 is 5.97 Å². The number of aliphatic carboxylic acids is 1. The van der Waals surface area contributed by atoms with Crippen LogP contribution in [0.25, 0.3) is 0 Å². The number of nitrogens with one attached hydrogen (secondary N) is 1. The van der Waals surface area contributed by atoms with Crippen molar-refractivity contribution < 1.29 is 19.4 Å². The SMILES string of the molecule is C/C=C/CC(NC(=O)c1sccc1COC)C(=O)O. The molecule has 1 amide bonds. The van der Waals surface area contributed by atoms with Crippen LogP contribution in [0.2, 0.25) is 0 Å². The van der Waals surface area contributed by atoms with Gasteiger partial charge < -0.3 is 15.2 Å². The van der Waals surface area contributed by atoms with Crippen molar-refractivity contribution in [1.82, 2.24) is 5.32 Å². The number of carbonyl (C=O) groups excluding carboxylic acids is 1. The summed E-state index contributed by atoms with van der Waals surface area (Å²) in [6, 6.07) is 0.881. The molecular weight excluding hydrogens is 266 g/mol. The number of hydrogen-bond acceptors (Lipinski definition) is 4. The zero-order valence-corrected chi connectivity index (χ0v) is 11.7. The highest BCUT2D eigenvalue weighted by molar-refractivity contribution is 7.12. The van der Waals surface area contributed by atoms with E-state index in [1.165, 1.54) is 11.3 Å². The molecule has 0 aromatic carbocycles. The smallest absolute Gasteiger partial charge is 0.326 e. The third-order valence-corrected chi connectivity index (χ3v) is 3.42. The third kappa shape index (κ3) is 4.50. The zero-order chi connectivity index (χ0) is 14.3. The van der Waals surface area contributed by atoms with Gasteiger partial charge in [-0.2, -0.15) is 0 Å². The van der Waals surface area contributed by atoms with Crippen LogP contribution in [-0.2, 0) is 16.1 Å². The highest BCUT2D eigenvalue weighted by Crippen LogP contribution is 2.17. The summed E-state index contributed by atoms with van der Waals surface area (Å²) in [7, 11) is 1.55. The number of hydrogen-bond donors (Lipinski definition) is 2. The fraction of sp³-hybridized carbons (Fsp3) is 0.385. The minimum Gasteiger partial charge on any atom is -0.480 e. The summed E-state index contributed by atoms with van der Waals surface area (Å²) in [5, 5.41) is 13.3. The molecule has 19 heavy (non-hydrogen) atoms. The van der Waals surface area contributed by atoms with Crippen LogP contribution in [0.5, 0.6) is 0 Å². The van der Waals surface area contributed by atoms with Crippen LogP contribution in [0.3, 0.4) is 0 Å². The molecule has 1 unspecified atom stereocenters. The highest BCUT2D eigenvalue weighted by Gasteiger charge is 2.21. The third-order valence-electron chi connectivity index (χ3n) is 2.46. The fourth-order valence-electron chi connectivity index (χ4n) is 1.52. The maximum Gasteiger partial charge on any atom is 0.326 e. The number of allylic oxidation sites excluding steroid dienone is 1. The van der Waals surface area contributed by atoms with E-state index >= 15 is 0 Å². The molecule has 0 bridgehead atoms. The Morgan fingerprint density at radius 3 is 2.89 bits per heavy atom. The van der Waals surface area contributed by atoms with Crippen molar-refractivity contribution in [1.29, 1.82) is 0 Å². The van der Waals surface area contributed by atoms with Crippen LogP contribution in [0.4, 0.5) is 0 Å². The second-order valence-corrected chi connectivity index (χ2v) is 4.79. The van der Waals surface area contributed by atoms with E-state index in [4.69, 9.17) is 9.84 Å². The molecule has 0 aliphatic heterocycles. The van der Waals surface area contributed by atoms with E-state index in [0.29, 0.717) is 11.5 Å². The van der Waals surface area contributed by atoms with Crippen molar-refractivity contribution in [3.8, 4) is 0 Å². The fourth-order valence-corrected chi connectivity index (χ4v) is 2.33. The summed E-state index contributed by atoms with van der Waals surface area (Å²) >= 11 is 1.27. The molecule has 1 aromatic heterocycles. The topological polar surface area (TPSA) is 75.6 Å². The Morgan fingerprint density at radius 1 is 1.58 bits per heavy atom. The quantitative estimate of drug-likeness (QED) is 0.751. The first-order chi connectivity index (χ1) is 9.10. The van der Waals surface area contributed by atoms with Gasteiger partial charge in [-0.25, -0.2) is 4.79 Å². The van der Waals surface area contributed by atoms with Gasteiger partial charge in [0.05, 0.1) is 11.5 Å². The molecule has 104 valence electrons. The van der Waals surface area contributed by atoms with Crippen LogP contribution < -0.4 is 5.32 Å². The van der Waals surface area contributed by atoms with Gasteiger partial charge in [-0.05, 0) is 24.8 Å². The normalized spacial score (nSPS) is 12.5. The minimum atomic E-state index is -1.05. The second kappa shape index (κ2) is 7.70. The first-order valence-electron chi connectivity index (χ1n) is 5.80. The highest BCUT2D eigenvalue weighted by atomic mass is 32.1. The van der Waals surface area contributed by atoms with Gasteiger partial charge in [0, 0.05) is 12.7 Å². The number of carboxylic acid groups (broad SMARTS) is 1. The van der Waals surface area contributed by atoms with E-state index in [2.05, 4.69) is 5.32 Å². The van der Waals surface area contributed by atoms with Gasteiger partial charge in [0.25, 0.3) is 5.91 Å². The van der Waals surface area contributed by atoms with Crippen molar-refractivity contribution in [3.05, 3.63) is 34.0 Å². The van der Waals surface area contributed by atoms with Crippen LogP contribution in [0.15, 0.2) is 23.6 Å². The zero-order valence-electron chi connectivity index (χ0n) is 10.9. The lowest BCUT2D eigenvalue weighted by Crippen LogP contribution is -2.40. The Hall–Kier alpha value is -1.66. The standard InChI is InChI=1S/C13H17NO4S/c1-3-4-5-10(13(16)17)14-12(15)11-9(8-18-2)6-7-19-11/h3-4,6-7,10H,5,8H2,1-2H3,(H,14,15)(H,16,17)/b4-3+. The van der Waals surface area contributed by atoms with Crippen molar-refractivity contribution in [2.45, 2.75) is 26.0 Å². The number of methoxy groups -OCH3 is 1. The van der Waals surface area contributed by atoms with Crippen molar-refractivity contribution in [2.24, 2.45) is 0 Å². The van der Waals surface area contributed by atoms with Gasteiger partial charge in [-0.1, -0.05) is 12.2 Å². The Balaban J connectivity index is 2.75. The lowest BCUT2D eigenvalue weighted by Gasteiger charge is -2.12. The predicted molar refractivity (Wildman–Crippen MR) is 73.4 cm³/mol. The van der Waals surface area contributed by atoms with E-state index in [1.807, 2.05) is 0 Å². The van der Waals surface area contributed by atoms with E-state index in [9.17, 15) is 9.59 Å². The number of ether oxygens (including phenoxy) is 1. The summed E-state index contributed by atoms with van der Waals surface area (Å²) in [5.41, 5.74) is 0.764. The number of carboxylic acids is 1. The molecule has 0 aliphatic rings. The van der Waals surface area contributed by atoms with Crippen LogP contribution >= 0.6 is 11.3 Å². The van der Waals surface area contributed by atoms with Gasteiger partial charge in [0.15, 0.2) is 0 Å². The summed E-state index contributed by atoms with van der Waals surface area (Å²) in [5.74, 6) is -1.42. The molecule has 0 fully saturated rings.